The van der Waals surface area contributed by atoms with Crippen LogP contribution in [-0.2, 0) is 11.4 Å². The van der Waals surface area contributed by atoms with Gasteiger partial charge in [-0.15, -0.1) is 0 Å². The Balaban J connectivity index is 1.42. The minimum absolute atomic E-state index is 0.147. The molecule has 10 heteroatoms. The number of hydrogen-bond acceptors (Lipinski definition) is 7. The largest absolute Gasteiger partial charge is 0.484 e. The summed E-state index contributed by atoms with van der Waals surface area (Å²) >= 11 is 12.1. The number of halogens is 2. The highest BCUT2D eigenvalue weighted by atomic mass is 35.5. The molecular formula is C21H15Cl2N3O5. The molecule has 31 heavy (non-hydrogen) atoms. The average Bonchev–Trinajstić information content (AvgIpc) is 3.43. The van der Waals surface area contributed by atoms with Crippen molar-refractivity contribution in [2.24, 2.45) is 5.73 Å². The Hall–Kier alpha value is -3.49. The summed E-state index contributed by atoms with van der Waals surface area (Å²) in [6.45, 7) is -0.0480. The van der Waals surface area contributed by atoms with Gasteiger partial charge in [-0.05, 0) is 48.5 Å². The monoisotopic (exact) mass is 459 g/mol. The van der Waals surface area contributed by atoms with Crippen LogP contribution in [0, 0.1) is 0 Å². The van der Waals surface area contributed by atoms with Gasteiger partial charge in [-0.3, -0.25) is 4.79 Å². The zero-order valence-electron chi connectivity index (χ0n) is 15.9. The zero-order valence-corrected chi connectivity index (χ0v) is 17.4. The molecule has 0 fully saturated rings. The van der Waals surface area contributed by atoms with Crippen molar-refractivity contribution in [1.82, 2.24) is 10.1 Å². The molecule has 0 saturated heterocycles. The lowest BCUT2D eigenvalue weighted by molar-refractivity contribution is -0.119. The van der Waals surface area contributed by atoms with E-state index >= 15 is 0 Å². The van der Waals surface area contributed by atoms with Crippen LogP contribution in [0.2, 0.25) is 10.0 Å². The molecule has 0 spiro atoms. The summed E-state index contributed by atoms with van der Waals surface area (Å²) in [6.07, 6.45) is 0. The lowest BCUT2D eigenvalue weighted by Gasteiger charge is -2.06. The van der Waals surface area contributed by atoms with Crippen LogP contribution in [0.3, 0.4) is 0 Å². The third-order valence-corrected chi connectivity index (χ3v) is 4.88. The van der Waals surface area contributed by atoms with Crippen molar-refractivity contribution >= 4 is 29.1 Å². The molecule has 0 bridgehead atoms. The van der Waals surface area contributed by atoms with E-state index in [0.717, 1.165) is 0 Å². The van der Waals surface area contributed by atoms with Crippen molar-refractivity contribution in [3.8, 4) is 34.5 Å². The van der Waals surface area contributed by atoms with Gasteiger partial charge in [-0.25, -0.2) is 0 Å². The van der Waals surface area contributed by atoms with Crippen LogP contribution in [0.25, 0.3) is 23.0 Å². The van der Waals surface area contributed by atoms with E-state index in [2.05, 4.69) is 10.1 Å². The molecule has 2 heterocycles. The van der Waals surface area contributed by atoms with Gasteiger partial charge < -0.3 is 24.1 Å². The van der Waals surface area contributed by atoms with E-state index in [1.807, 2.05) is 0 Å². The molecule has 0 aliphatic rings. The van der Waals surface area contributed by atoms with E-state index < -0.39 is 5.91 Å². The minimum Gasteiger partial charge on any atom is -0.484 e. The number of carbonyl (C=O) groups excluding carboxylic acids is 1. The van der Waals surface area contributed by atoms with Crippen molar-refractivity contribution in [3.05, 3.63) is 70.4 Å². The third kappa shape index (κ3) is 4.99. The zero-order chi connectivity index (χ0) is 21.8. The van der Waals surface area contributed by atoms with Crippen molar-refractivity contribution in [2.75, 3.05) is 6.61 Å². The number of nitrogens with two attached hydrogens (primary N) is 1. The fourth-order valence-electron chi connectivity index (χ4n) is 2.61. The molecule has 0 atom stereocenters. The van der Waals surface area contributed by atoms with Gasteiger partial charge in [-0.1, -0.05) is 34.4 Å². The second-order valence-electron chi connectivity index (χ2n) is 6.31. The summed E-state index contributed by atoms with van der Waals surface area (Å²) < 4.78 is 21.9. The third-order valence-electron chi connectivity index (χ3n) is 4.08. The Bertz CT molecular complexity index is 1200. The van der Waals surface area contributed by atoms with Crippen molar-refractivity contribution < 1.29 is 23.2 Å². The number of hydrogen-bond donors (Lipinski definition) is 1. The topological polar surface area (TPSA) is 114 Å². The van der Waals surface area contributed by atoms with E-state index in [1.54, 1.807) is 54.6 Å². The van der Waals surface area contributed by atoms with Gasteiger partial charge in [0.15, 0.2) is 12.4 Å². The standard InChI is InChI=1S/C21H15Cl2N3O5/c22-15-2-1-3-16(19(15)23)29-10-14-8-9-17(30-14)21-25-20(26-31-21)12-4-6-13(7-5-12)28-11-18(24)27/h1-9H,10-11H2,(H2,24,27). The van der Waals surface area contributed by atoms with Crippen molar-refractivity contribution in [2.45, 2.75) is 6.61 Å². The van der Waals surface area contributed by atoms with Gasteiger partial charge in [0.1, 0.15) is 28.9 Å². The Morgan fingerprint density at radius 3 is 2.61 bits per heavy atom. The van der Waals surface area contributed by atoms with Crippen LogP contribution in [0.15, 0.2) is 63.5 Å². The molecule has 2 aromatic heterocycles. The summed E-state index contributed by atoms with van der Waals surface area (Å²) in [5, 5.41) is 4.71. The first-order valence-electron chi connectivity index (χ1n) is 9.01. The molecule has 2 N–H and O–H groups in total. The summed E-state index contributed by atoms with van der Waals surface area (Å²) in [5.74, 6) is 1.94. The Morgan fingerprint density at radius 1 is 1.03 bits per heavy atom. The van der Waals surface area contributed by atoms with E-state index in [1.165, 1.54) is 0 Å². The number of primary amides is 1. The molecule has 0 radical (unpaired) electrons. The highest BCUT2D eigenvalue weighted by molar-refractivity contribution is 6.42. The van der Waals surface area contributed by atoms with Crippen LogP contribution >= 0.6 is 23.2 Å². The van der Waals surface area contributed by atoms with Crippen LogP contribution < -0.4 is 15.2 Å². The number of ether oxygens (including phenoxy) is 2. The van der Waals surface area contributed by atoms with E-state index in [4.69, 9.17) is 47.3 Å². The minimum atomic E-state index is -0.550. The molecule has 4 rings (SSSR count). The van der Waals surface area contributed by atoms with E-state index in [9.17, 15) is 4.79 Å². The number of benzene rings is 2. The maximum atomic E-state index is 10.8. The Labute approximate surface area is 186 Å². The number of amides is 1. The van der Waals surface area contributed by atoms with Gasteiger partial charge in [-0.2, -0.15) is 4.98 Å². The summed E-state index contributed by atoms with van der Waals surface area (Å²) in [4.78, 5) is 15.1. The molecular weight excluding hydrogens is 445 g/mol. The SMILES string of the molecule is NC(=O)COc1ccc(-c2noc(-c3ccc(COc4cccc(Cl)c4Cl)o3)n2)cc1. The first-order chi connectivity index (χ1) is 15.0. The predicted octanol–water partition coefficient (Wildman–Crippen LogP) is 4.75. The predicted molar refractivity (Wildman–Crippen MR) is 113 cm³/mol. The van der Waals surface area contributed by atoms with Gasteiger partial charge in [0.05, 0.1) is 5.02 Å². The molecule has 8 nitrogen and oxygen atoms in total. The van der Waals surface area contributed by atoms with Crippen LogP contribution in [0.5, 0.6) is 11.5 Å². The Kier molecular flexibility index (Phi) is 6.11. The summed E-state index contributed by atoms with van der Waals surface area (Å²) in [5.41, 5.74) is 5.76. The van der Waals surface area contributed by atoms with Crippen LogP contribution in [0.4, 0.5) is 0 Å². The molecule has 2 aromatic carbocycles. The molecule has 0 unspecified atom stereocenters. The van der Waals surface area contributed by atoms with E-state index in [-0.39, 0.29) is 19.1 Å². The number of rotatable bonds is 8. The maximum Gasteiger partial charge on any atom is 0.293 e. The summed E-state index contributed by atoms with van der Waals surface area (Å²) in [7, 11) is 0. The molecule has 158 valence electrons. The quantitative estimate of drug-likeness (QED) is 0.404. The van der Waals surface area contributed by atoms with E-state index in [0.29, 0.717) is 44.5 Å². The molecule has 0 saturated carbocycles. The number of aromatic nitrogens is 2. The van der Waals surface area contributed by atoms with Gasteiger partial charge in [0.25, 0.3) is 11.8 Å². The second kappa shape index (κ2) is 9.11. The highest BCUT2D eigenvalue weighted by Crippen LogP contribution is 2.32. The van der Waals surface area contributed by atoms with Gasteiger partial charge >= 0.3 is 0 Å². The van der Waals surface area contributed by atoms with Crippen LogP contribution in [-0.4, -0.2) is 22.7 Å². The van der Waals surface area contributed by atoms with Gasteiger partial charge in [0.2, 0.25) is 5.82 Å². The lowest BCUT2D eigenvalue weighted by atomic mass is 10.2. The average molecular weight is 460 g/mol. The lowest BCUT2D eigenvalue weighted by Crippen LogP contribution is -2.19. The molecule has 1 amide bonds. The maximum absolute atomic E-state index is 10.8. The fraction of sp³-hybridized carbons (Fsp3) is 0.0952. The summed E-state index contributed by atoms with van der Waals surface area (Å²) in [6, 6.07) is 15.4. The number of furan rings is 1. The Morgan fingerprint density at radius 2 is 1.84 bits per heavy atom. The highest BCUT2D eigenvalue weighted by Gasteiger charge is 2.15. The van der Waals surface area contributed by atoms with Crippen LogP contribution in [0.1, 0.15) is 5.76 Å². The van der Waals surface area contributed by atoms with Crippen molar-refractivity contribution in [3.63, 3.8) is 0 Å². The molecule has 0 aliphatic heterocycles. The van der Waals surface area contributed by atoms with Crippen molar-refractivity contribution in [1.29, 1.82) is 0 Å². The van der Waals surface area contributed by atoms with Gasteiger partial charge in [0, 0.05) is 5.56 Å². The first kappa shape index (κ1) is 20.8. The first-order valence-corrected chi connectivity index (χ1v) is 9.76. The molecule has 0 aliphatic carbocycles. The fourth-order valence-corrected chi connectivity index (χ4v) is 2.96. The molecule has 4 aromatic rings. The second-order valence-corrected chi connectivity index (χ2v) is 7.09. The number of carbonyl (C=O) groups is 1. The smallest absolute Gasteiger partial charge is 0.293 e. The normalized spacial score (nSPS) is 10.8. The number of nitrogens with zero attached hydrogens (tertiary/aromatic N) is 2.